The molecule has 0 radical (unpaired) electrons. The molecule has 0 spiro atoms. The van der Waals surface area contributed by atoms with Gasteiger partial charge in [0.05, 0.1) is 6.04 Å². The molecule has 2 aromatic carbocycles. The maximum absolute atomic E-state index is 4.51. The van der Waals surface area contributed by atoms with Crippen LogP contribution in [0.3, 0.4) is 0 Å². The Morgan fingerprint density at radius 2 is 1.70 bits per heavy atom. The minimum absolute atomic E-state index is 0.0260. The van der Waals surface area contributed by atoms with Crippen molar-refractivity contribution in [2.24, 2.45) is 0 Å². The number of aromatic amines is 1. The molecule has 1 atom stereocenters. The second-order valence-electron chi connectivity index (χ2n) is 6.00. The summed E-state index contributed by atoms with van der Waals surface area (Å²) in [7, 11) is 0. The van der Waals surface area contributed by atoms with Crippen LogP contribution in [0.1, 0.15) is 39.9 Å². The van der Waals surface area contributed by atoms with E-state index < -0.39 is 0 Å². The lowest BCUT2D eigenvalue weighted by Gasteiger charge is -2.17. The fourth-order valence-corrected chi connectivity index (χ4v) is 2.88. The van der Waals surface area contributed by atoms with Crippen LogP contribution >= 0.6 is 0 Å². The molecule has 3 rings (SSSR count). The minimum atomic E-state index is -0.0260. The molecular weight excluding hydrogens is 284 g/mol. The maximum Gasteiger partial charge on any atom is 0.172 e. The topological polar surface area (TPSA) is 53.6 Å². The Balaban J connectivity index is 1.84. The Hall–Kier alpha value is -2.46. The number of hydrogen-bond acceptors (Lipinski definition) is 3. The number of H-pyrrole nitrogens is 1. The van der Waals surface area contributed by atoms with Gasteiger partial charge in [0.25, 0.3) is 0 Å². The van der Waals surface area contributed by atoms with Gasteiger partial charge in [0.2, 0.25) is 0 Å². The molecule has 0 saturated carbocycles. The first-order valence-corrected chi connectivity index (χ1v) is 7.86. The van der Waals surface area contributed by atoms with Crippen molar-refractivity contribution in [2.45, 2.75) is 33.4 Å². The minimum Gasteiger partial charge on any atom is -0.299 e. The molecule has 1 aromatic heterocycles. The number of aryl methyl sites for hydroxylation is 3. The zero-order chi connectivity index (χ0) is 16.2. The predicted octanol–water partition coefficient (Wildman–Crippen LogP) is 3.61. The molecule has 0 saturated heterocycles. The average molecular weight is 306 g/mol. The molecule has 3 aromatic rings. The van der Waals surface area contributed by atoms with Crippen molar-refractivity contribution in [2.75, 3.05) is 0 Å². The van der Waals surface area contributed by atoms with Crippen molar-refractivity contribution in [1.82, 2.24) is 20.5 Å². The van der Waals surface area contributed by atoms with E-state index in [2.05, 4.69) is 64.7 Å². The van der Waals surface area contributed by atoms with E-state index in [0.717, 1.165) is 23.8 Å². The van der Waals surface area contributed by atoms with Crippen LogP contribution < -0.4 is 5.32 Å². The fraction of sp³-hybridized carbons (Fsp3) is 0.263. The van der Waals surface area contributed by atoms with Gasteiger partial charge in [0.15, 0.2) is 5.82 Å². The van der Waals surface area contributed by atoms with Crippen LogP contribution in [0.2, 0.25) is 0 Å². The molecular formula is C19H22N4. The Morgan fingerprint density at radius 3 is 2.30 bits per heavy atom. The number of rotatable bonds is 5. The van der Waals surface area contributed by atoms with Gasteiger partial charge < -0.3 is 0 Å². The van der Waals surface area contributed by atoms with E-state index in [1.165, 1.54) is 16.7 Å². The molecule has 0 aliphatic rings. The zero-order valence-electron chi connectivity index (χ0n) is 13.8. The second kappa shape index (κ2) is 6.75. The van der Waals surface area contributed by atoms with Crippen LogP contribution in [0.25, 0.3) is 0 Å². The monoisotopic (exact) mass is 306 g/mol. The summed E-state index contributed by atoms with van der Waals surface area (Å²) in [5, 5.41) is 10.9. The van der Waals surface area contributed by atoms with Crippen LogP contribution in [-0.4, -0.2) is 15.2 Å². The van der Waals surface area contributed by atoms with Gasteiger partial charge in [-0.2, -0.15) is 5.10 Å². The lowest BCUT2D eigenvalue weighted by Crippen LogP contribution is -2.23. The van der Waals surface area contributed by atoms with E-state index in [0.29, 0.717) is 0 Å². The number of nitrogens with zero attached hydrogens (tertiary/aromatic N) is 2. The maximum atomic E-state index is 4.51. The molecule has 1 heterocycles. The van der Waals surface area contributed by atoms with Crippen LogP contribution in [-0.2, 0) is 6.54 Å². The van der Waals surface area contributed by atoms with Crippen molar-refractivity contribution in [3.8, 4) is 0 Å². The molecule has 4 heteroatoms. The van der Waals surface area contributed by atoms with E-state index in [1.807, 2.05) is 25.1 Å². The van der Waals surface area contributed by atoms with Gasteiger partial charge in [0.1, 0.15) is 5.82 Å². The highest BCUT2D eigenvalue weighted by Crippen LogP contribution is 2.20. The fourth-order valence-electron chi connectivity index (χ4n) is 2.88. The van der Waals surface area contributed by atoms with Gasteiger partial charge in [-0.3, -0.25) is 10.4 Å². The summed E-state index contributed by atoms with van der Waals surface area (Å²) in [6, 6.07) is 16.9. The highest BCUT2D eigenvalue weighted by Gasteiger charge is 2.17. The third-order valence-electron chi connectivity index (χ3n) is 3.80. The summed E-state index contributed by atoms with van der Waals surface area (Å²) >= 11 is 0. The normalized spacial score (nSPS) is 12.3. The molecule has 0 unspecified atom stereocenters. The first-order valence-electron chi connectivity index (χ1n) is 7.86. The number of hydrogen-bond donors (Lipinski definition) is 2. The predicted molar refractivity (Wildman–Crippen MR) is 92.2 cm³/mol. The Labute approximate surface area is 137 Å². The van der Waals surface area contributed by atoms with Gasteiger partial charge >= 0.3 is 0 Å². The summed E-state index contributed by atoms with van der Waals surface area (Å²) < 4.78 is 0. The average Bonchev–Trinajstić information content (AvgIpc) is 2.94. The number of aromatic nitrogens is 3. The molecule has 0 fully saturated rings. The zero-order valence-corrected chi connectivity index (χ0v) is 13.8. The van der Waals surface area contributed by atoms with Gasteiger partial charge in [-0.1, -0.05) is 59.7 Å². The molecule has 0 amide bonds. The smallest absolute Gasteiger partial charge is 0.172 e. The van der Waals surface area contributed by atoms with Gasteiger partial charge in [-0.15, -0.1) is 0 Å². The van der Waals surface area contributed by atoms with Gasteiger partial charge in [0, 0.05) is 6.54 Å². The molecule has 4 nitrogen and oxygen atoms in total. The van der Waals surface area contributed by atoms with E-state index in [1.54, 1.807) is 0 Å². The third kappa shape index (κ3) is 3.85. The summed E-state index contributed by atoms with van der Waals surface area (Å²) in [5.74, 6) is 1.60. The van der Waals surface area contributed by atoms with Crippen LogP contribution in [0.15, 0.2) is 48.5 Å². The Morgan fingerprint density at radius 1 is 1.00 bits per heavy atom. The molecule has 0 bridgehead atoms. The van der Waals surface area contributed by atoms with Crippen molar-refractivity contribution in [3.63, 3.8) is 0 Å². The quantitative estimate of drug-likeness (QED) is 0.757. The third-order valence-corrected chi connectivity index (χ3v) is 3.80. The number of benzene rings is 2. The SMILES string of the molecule is Cc1cc(C)cc(CN[C@@H](c2ccccc2)c2n[nH]c(C)n2)c1. The number of nitrogens with one attached hydrogen (secondary N) is 2. The van der Waals surface area contributed by atoms with E-state index in [4.69, 9.17) is 0 Å². The van der Waals surface area contributed by atoms with E-state index >= 15 is 0 Å². The van der Waals surface area contributed by atoms with Crippen molar-refractivity contribution < 1.29 is 0 Å². The molecule has 0 aliphatic heterocycles. The van der Waals surface area contributed by atoms with E-state index in [9.17, 15) is 0 Å². The first-order chi connectivity index (χ1) is 11.1. The van der Waals surface area contributed by atoms with Crippen LogP contribution in [0, 0.1) is 20.8 Å². The standard InChI is InChI=1S/C19H22N4/c1-13-9-14(2)11-16(10-13)12-20-18(17-7-5-4-6-8-17)19-21-15(3)22-23-19/h4-11,18,20H,12H2,1-3H3,(H,21,22,23)/t18-/m0/s1. The first kappa shape index (κ1) is 15.4. The van der Waals surface area contributed by atoms with Crippen molar-refractivity contribution >= 4 is 0 Å². The largest absolute Gasteiger partial charge is 0.299 e. The summed E-state index contributed by atoms with van der Waals surface area (Å²) in [6.07, 6.45) is 0. The molecule has 2 N–H and O–H groups in total. The lowest BCUT2D eigenvalue weighted by molar-refractivity contribution is 0.577. The summed E-state index contributed by atoms with van der Waals surface area (Å²) in [4.78, 5) is 4.51. The highest BCUT2D eigenvalue weighted by molar-refractivity contribution is 5.29. The Kier molecular flexibility index (Phi) is 4.53. The van der Waals surface area contributed by atoms with Gasteiger partial charge in [-0.05, 0) is 31.9 Å². The molecule has 0 aliphatic carbocycles. The Bertz CT molecular complexity index is 757. The van der Waals surface area contributed by atoms with Crippen molar-refractivity contribution in [3.05, 3.63) is 82.4 Å². The van der Waals surface area contributed by atoms with Crippen molar-refractivity contribution in [1.29, 1.82) is 0 Å². The highest BCUT2D eigenvalue weighted by atomic mass is 15.2. The molecule has 118 valence electrons. The van der Waals surface area contributed by atoms with Crippen LogP contribution in [0.5, 0.6) is 0 Å². The second-order valence-corrected chi connectivity index (χ2v) is 6.00. The summed E-state index contributed by atoms with van der Waals surface area (Å²) in [6.45, 7) is 6.95. The van der Waals surface area contributed by atoms with Crippen LogP contribution in [0.4, 0.5) is 0 Å². The van der Waals surface area contributed by atoms with Gasteiger partial charge in [-0.25, -0.2) is 4.98 Å². The molecule has 23 heavy (non-hydrogen) atoms. The lowest BCUT2D eigenvalue weighted by atomic mass is 10.0. The summed E-state index contributed by atoms with van der Waals surface area (Å²) in [5.41, 5.74) is 5.00. The van der Waals surface area contributed by atoms with E-state index in [-0.39, 0.29) is 6.04 Å².